The molecular weight excluding hydrogens is 252 g/mol. The maximum absolute atomic E-state index is 5.40. The molecule has 0 aromatic heterocycles. The van der Waals surface area contributed by atoms with Gasteiger partial charge in [-0.15, -0.1) is 0 Å². The fourth-order valence-corrected chi connectivity index (χ4v) is 2.79. The van der Waals surface area contributed by atoms with Crippen molar-refractivity contribution < 1.29 is 9.47 Å². The topological polar surface area (TPSA) is 42.5 Å². The monoisotopic (exact) mass is 278 g/mol. The van der Waals surface area contributed by atoms with Crippen LogP contribution in [0.4, 0.5) is 0 Å². The first-order valence-electron chi connectivity index (χ1n) is 7.27. The van der Waals surface area contributed by atoms with Crippen molar-refractivity contribution in [1.29, 1.82) is 0 Å². The molecule has 1 aliphatic rings. The van der Waals surface area contributed by atoms with Crippen molar-refractivity contribution in [3.8, 4) is 11.5 Å². The van der Waals surface area contributed by atoms with Crippen LogP contribution >= 0.6 is 0 Å². The van der Waals surface area contributed by atoms with Gasteiger partial charge in [-0.2, -0.15) is 0 Å². The van der Waals surface area contributed by atoms with Crippen molar-refractivity contribution >= 4 is 0 Å². The Kier molecular flexibility index (Phi) is 4.89. The van der Waals surface area contributed by atoms with Crippen LogP contribution in [0.3, 0.4) is 0 Å². The summed E-state index contributed by atoms with van der Waals surface area (Å²) in [5.41, 5.74) is 1.53. The molecule has 2 rings (SSSR count). The smallest absolute Gasteiger partial charge is 0.231 e. The minimum absolute atomic E-state index is 0.302. The molecule has 4 heteroatoms. The number of hydrogen-bond acceptors (Lipinski definition) is 4. The van der Waals surface area contributed by atoms with Gasteiger partial charge in [0.15, 0.2) is 11.5 Å². The van der Waals surface area contributed by atoms with Crippen LogP contribution in [-0.4, -0.2) is 26.4 Å². The fraction of sp³-hybridized carbons (Fsp3) is 0.625. The number of benzene rings is 1. The molecule has 0 fully saturated rings. The molecule has 0 aliphatic carbocycles. The minimum atomic E-state index is 0.302. The van der Waals surface area contributed by atoms with Crippen LogP contribution in [0.25, 0.3) is 0 Å². The van der Waals surface area contributed by atoms with Gasteiger partial charge in [0.2, 0.25) is 6.79 Å². The number of fused-ring (bicyclic) bond motifs is 1. The van der Waals surface area contributed by atoms with Gasteiger partial charge in [-0.05, 0) is 43.5 Å². The zero-order valence-corrected chi connectivity index (χ0v) is 13.0. The summed E-state index contributed by atoms with van der Waals surface area (Å²) in [6.45, 7) is 9.05. The highest BCUT2D eigenvalue weighted by Gasteiger charge is 2.20. The van der Waals surface area contributed by atoms with E-state index in [4.69, 9.17) is 9.47 Å². The van der Waals surface area contributed by atoms with Gasteiger partial charge < -0.3 is 20.1 Å². The van der Waals surface area contributed by atoms with Gasteiger partial charge >= 0.3 is 0 Å². The van der Waals surface area contributed by atoms with E-state index >= 15 is 0 Å². The minimum Gasteiger partial charge on any atom is -0.454 e. The second kappa shape index (κ2) is 6.46. The zero-order chi connectivity index (χ0) is 14.6. The van der Waals surface area contributed by atoms with Crippen LogP contribution in [0.15, 0.2) is 18.2 Å². The summed E-state index contributed by atoms with van der Waals surface area (Å²) in [4.78, 5) is 0. The summed E-state index contributed by atoms with van der Waals surface area (Å²) in [6.07, 6.45) is 1.14. The van der Waals surface area contributed by atoms with Crippen molar-refractivity contribution in [2.75, 3.05) is 20.4 Å². The molecule has 4 nitrogen and oxygen atoms in total. The van der Waals surface area contributed by atoms with E-state index in [0.29, 0.717) is 18.2 Å². The molecule has 0 radical (unpaired) electrons. The lowest BCUT2D eigenvalue weighted by atomic mass is 9.86. The molecule has 2 N–H and O–H groups in total. The second-order valence-corrected chi connectivity index (χ2v) is 6.37. The van der Waals surface area contributed by atoms with E-state index in [1.165, 1.54) is 5.56 Å². The zero-order valence-electron chi connectivity index (χ0n) is 13.0. The molecule has 1 unspecified atom stereocenters. The van der Waals surface area contributed by atoms with Crippen LogP contribution in [0.5, 0.6) is 11.5 Å². The summed E-state index contributed by atoms with van der Waals surface area (Å²) >= 11 is 0. The van der Waals surface area contributed by atoms with Gasteiger partial charge in [-0.1, -0.05) is 19.9 Å². The highest BCUT2D eigenvalue weighted by Crippen LogP contribution is 2.32. The van der Waals surface area contributed by atoms with E-state index < -0.39 is 0 Å². The summed E-state index contributed by atoms with van der Waals surface area (Å²) in [7, 11) is 2.01. The van der Waals surface area contributed by atoms with Crippen molar-refractivity contribution in [2.45, 2.75) is 39.8 Å². The fourth-order valence-electron chi connectivity index (χ4n) is 2.79. The van der Waals surface area contributed by atoms with E-state index in [0.717, 1.165) is 31.0 Å². The number of nitrogens with one attached hydrogen (secondary N) is 2. The van der Waals surface area contributed by atoms with Gasteiger partial charge in [0.1, 0.15) is 0 Å². The highest BCUT2D eigenvalue weighted by molar-refractivity contribution is 5.44. The lowest BCUT2D eigenvalue weighted by Gasteiger charge is -2.28. The summed E-state index contributed by atoms with van der Waals surface area (Å²) in [5.74, 6) is 1.70. The summed E-state index contributed by atoms with van der Waals surface area (Å²) in [5, 5.41) is 6.84. The number of hydrogen-bond donors (Lipinski definition) is 2. The van der Waals surface area contributed by atoms with Gasteiger partial charge in [0.25, 0.3) is 0 Å². The Labute approximate surface area is 121 Å². The third kappa shape index (κ3) is 4.12. The Hall–Kier alpha value is -1.26. The van der Waals surface area contributed by atoms with Crippen LogP contribution in [0.1, 0.15) is 32.8 Å². The quantitative estimate of drug-likeness (QED) is 0.804. The summed E-state index contributed by atoms with van der Waals surface area (Å²) < 4.78 is 10.7. The largest absolute Gasteiger partial charge is 0.454 e. The summed E-state index contributed by atoms with van der Waals surface area (Å²) in [6, 6.07) is 6.60. The third-order valence-electron chi connectivity index (χ3n) is 3.61. The van der Waals surface area contributed by atoms with E-state index in [9.17, 15) is 0 Å². The van der Waals surface area contributed by atoms with Gasteiger partial charge in [0, 0.05) is 19.1 Å². The van der Waals surface area contributed by atoms with Gasteiger partial charge in [-0.3, -0.25) is 0 Å². The average molecular weight is 278 g/mol. The molecule has 0 saturated carbocycles. The van der Waals surface area contributed by atoms with E-state index in [2.05, 4.69) is 43.5 Å². The Morgan fingerprint density at radius 2 is 2.00 bits per heavy atom. The van der Waals surface area contributed by atoms with Crippen molar-refractivity contribution in [2.24, 2.45) is 5.41 Å². The van der Waals surface area contributed by atoms with Crippen LogP contribution in [0, 0.1) is 5.41 Å². The molecule has 20 heavy (non-hydrogen) atoms. The molecule has 1 heterocycles. The van der Waals surface area contributed by atoms with Crippen LogP contribution in [0.2, 0.25) is 0 Å². The maximum Gasteiger partial charge on any atom is 0.231 e. The van der Waals surface area contributed by atoms with Crippen molar-refractivity contribution in [1.82, 2.24) is 10.6 Å². The molecule has 1 aromatic rings. The van der Waals surface area contributed by atoms with E-state index in [-0.39, 0.29) is 0 Å². The van der Waals surface area contributed by atoms with E-state index in [1.807, 2.05) is 13.1 Å². The molecule has 0 bridgehead atoms. The molecule has 0 spiro atoms. The Morgan fingerprint density at radius 3 is 2.75 bits per heavy atom. The maximum atomic E-state index is 5.40. The molecule has 1 aliphatic heterocycles. The molecule has 0 saturated heterocycles. The van der Waals surface area contributed by atoms with E-state index in [1.54, 1.807) is 0 Å². The average Bonchev–Trinajstić information content (AvgIpc) is 2.82. The predicted molar refractivity (Wildman–Crippen MR) is 81.2 cm³/mol. The van der Waals surface area contributed by atoms with Crippen LogP contribution < -0.4 is 20.1 Å². The standard InChI is InChI=1S/C16H26N2O2/c1-12(8-16(2,3)10-17-4)18-9-13-5-6-14-15(7-13)20-11-19-14/h5-7,12,17-18H,8-11H2,1-4H3. The molecule has 1 aromatic carbocycles. The Morgan fingerprint density at radius 1 is 1.25 bits per heavy atom. The molecule has 112 valence electrons. The number of ether oxygens (including phenoxy) is 2. The van der Waals surface area contributed by atoms with Gasteiger partial charge in [-0.25, -0.2) is 0 Å². The lowest BCUT2D eigenvalue weighted by molar-refractivity contribution is 0.174. The normalized spacial score (nSPS) is 15.4. The molecular formula is C16H26N2O2. The van der Waals surface area contributed by atoms with Gasteiger partial charge in [0.05, 0.1) is 0 Å². The first kappa shape index (κ1) is 15.1. The van der Waals surface area contributed by atoms with Crippen molar-refractivity contribution in [3.05, 3.63) is 23.8 Å². The Balaban J connectivity index is 1.83. The SMILES string of the molecule is CNCC(C)(C)CC(C)NCc1ccc2c(c1)OCO2. The molecule has 1 atom stereocenters. The second-order valence-electron chi connectivity index (χ2n) is 6.37. The highest BCUT2D eigenvalue weighted by atomic mass is 16.7. The predicted octanol–water partition coefficient (Wildman–Crippen LogP) is 2.53. The lowest BCUT2D eigenvalue weighted by Crippen LogP contribution is -2.35. The first-order valence-corrected chi connectivity index (χ1v) is 7.27. The third-order valence-corrected chi connectivity index (χ3v) is 3.61. The van der Waals surface area contributed by atoms with Crippen molar-refractivity contribution in [3.63, 3.8) is 0 Å². The number of rotatable bonds is 7. The van der Waals surface area contributed by atoms with Crippen LogP contribution in [-0.2, 0) is 6.54 Å². The Bertz CT molecular complexity index is 446. The molecule has 0 amide bonds. The first-order chi connectivity index (χ1) is 9.50.